The Morgan fingerprint density at radius 3 is 2.33 bits per heavy atom. The van der Waals surface area contributed by atoms with E-state index in [1.165, 1.54) is 20.4 Å². The maximum atomic E-state index is 7.25. The third-order valence-corrected chi connectivity index (χ3v) is 2.93. The van der Waals surface area contributed by atoms with Crippen LogP contribution in [0.4, 0.5) is 11.8 Å². The topological polar surface area (TPSA) is 106 Å². The predicted octanol–water partition coefficient (Wildman–Crippen LogP) is 1.26. The Morgan fingerprint density at radius 2 is 1.81 bits per heavy atom. The van der Waals surface area contributed by atoms with Gasteiger partial charge in [-0.2, -0.15) is 4.98 Å². The molecule has 0 radical (unpaired) electrons. The van der Waals surface area contributed by atoms with E-state index in [4.69, 9.17) is 29.8 Å². The Morgan fingerprint density at radius 1 is 1.14 bits per heavy atom. The first-order chi connectivity index (χ1) is 11.2. The second-order valence-electron chi connectivity index (χ2n) is 4.25. The lowest BCUT2D eigenvalue weighted by molar-refractivity contribution is 0.324. The SMILES string of the molecule is [2H]C([2H])([2H])Oc1c(OC)cc(Cc2cnc(N)nc2N)cc1OC. The normalized spacial score (nSPS) is 13.0. The Hall–Kier alpha value is -2.70. The highest BCUT2D eigenvalue weighted by Crippen LogP contribution is 2.38. The first-order valence-corrected chi connectivity index (χ1v) is 6.04. The second-order valence-corrected chi connectivity index (χ2v) is 4.25. The van der Waals surface area contributed by atoms with Crippen molar-refractivity contribution in [2.75, 3.05) is 32.7 Å². The standard InChI is InChI=1S/C14H18N4O3/c1-19-10-5-8(6-11(20-2)12(10)21-3)4-9-7-17-14(16)18-13(9)15/h5-7H,4H2,1-3H3,(H4,15,16,17,18)/i3D3. The van der Waals surface area contributed by atoms with Gasteiger partial charge in [-0.05, 0) is 17.7 Å². The molecule has 112 valence electrons. The van der Waals surface area contributed by atoms with Gasteiger partial charge in [-0.25, -0.2) is 4.98 Å². The van der Waals surface area contributed by atoms with Gasteiger partial charge < -0.3 is 25.7 Å². The molecule has 0 aliphatic rings. The summed E-state index contributed by atoms with van der Waals surface area (Å²) in [7, 11) is 0.189. The molecule has 1 heterocycles. The lowest BCUT2D eigenvalue weighted by Crippen LogP contribution is -2.04. The third-order valence-electron chi connectivity index (χ3n) is 2.93. The van der Waals surface area contributed by atoms with Gasteiger partial charge in [0.15, 0.2) is 11.5 Å². The number of rotatable bonds is 5. The number of ether oxygens (including phenoxy) is 3. The van der Waals surface area contributed by atoms with Crippen LogP contribution in [0.3, 0.4) is 0 Å². The molecule has 0 atom stereocenters. The number of methoxy groups -OCH3 is 3. The van der Waals surface area contributed by atoms with Crippen LogP contribution in [0.2, 0.25) is 0 Å². The van der Waals surface area contributed by atoms with Crippen LogP contribution in [0.25, 0.3) is 0 Å². The number of nitrogen functional groups attached to an aromatic ring is 2. The van der Waals surface area contributed by atoms with Gasteiger partial charge in [-0.3, -0.25) is 0 Å². The van der Waals surface area contributed by atoms with E-state index in [2.05, 4.69) is 9.97 Å². The van der Waals surface area contributed by atoms with Crippen molar-refractivity contribution >= 4 is 11.8 Å². The maximum absolute atomic E-state index is 7.25. The van der Waals surface area contributed by atoms with Crippen LogP contribution >= 0.6 is 0 Å². The molecule has 0 saturated heterocycles. The number of nitrogens with zero attached hydrogens (tertiary/aromatic N) is 2. The second kappa shape index (κ2) is 6.17. The zero-order valence-electron chi connectivity index (χ0n) is 14.7. The number of hydrogen-bond donors (Lipinski definition) is 2. The molecule has 0 bridgehead atoms. The molecule has 0 spiro atoms. The molecular formula is C14H18N4O3. The van der Waals surface area contributed by atoms with Crippen LogP contribution in [-0.4, -0.2) is 31.2 Å². The summed E-state index contributed by atoms with van der Waals surface area (Å²) in [6.07, 6.45) is 1.91. The Balaban J connectivity index is 2.41. The van der Waals surface area contributed by atoms with Crippen molar-refractivity contribution in [3.05, 3.63) is 29.5 Å². The maximum Gasteiger partial charge on any atom is 0.221 e. The molecule has 2 aromatic rings. The van der Waals surface area contributed by atoms with E-state index in [0.717, 1.165) is 5.56 Å². The molecule has 0 aliphatic carbocycles. The van der Waals surface area contributed by atoms with E-state index in [1.807, 2.05) is 0 Å². The third kappa shape index (κ3) is 3.07. The predicted molar refractivity (Wildman–Crippen MR) is 79.8 cm³/mol. The fourth-order valence-electron chi connectivity index (χ4n) is 1.93. The van der Waals surface area contributed by atoms with Crippen molar-refractivity contribution in [3.63, 3.8) is 0 Å². The minimum atomic E-state index is -2.63. The van der Waals surface area contributed by atoms with Crippen molar-refractivity contribution in [1.82, 2.24) is 9.97 Å². The van der Waals surface area contributed by atoms with E-state index >= 15 is 0 Å². The molecule has 0 unspecified atom stereocenters. The van der Waals surface area contributed by atoms with E-state index in [1.54, 1.807) is 12.1 Å². The zero-order valence-corrected chi connectivity index (χ0v) is 11.7. The van der Waals surface area contributed by atoms with Crippen LogP contribution < -0.4 is 25.7 Å². The van der Waals surface area contributed by atoms with Crippen molar-refractivity contribution < 1.29 is 18.3 Å². The molecule has 4 N–H and O–H groups in total. The molecular weight excluding hydrogens is 272 g/mol. The van der Waals surface area contributed by atoms with Gasteiger partial charge >= 0.3 is 0 Å². The number of anilines is 2. The molecule has 7 nitrogen and oxygen atoms in total. The van der Waals surface area contributed by atoms with Gasteiger partial charge in [0.25, 0.3) is 0 Å². The summed E-state index contributed by atoms with van der Waals surface area (Å²) in [4.78, 5) is 7.82. The average Bonchev–Trinajstić information content (AvgIpc) is 2.49. The molecule has 0 aliphatic heterocycles. The number of benzene rings is 1. The highest BCUT2D eigenvalue weighted by atomic mass is 16.5. The lowest BCUT2D eigenvalue weighted by atomic mass is 10.1. The highest BCUT2D eigenvalue weighted by Gasteiger charge is 2.14. The van der Waals surface area contributed by atoms with Crippen molar-refractivity contribution in [1.29, 1.82) is 0 Å². The van der Waals surface area contributed by atoms with Crippen LogP contribution in [0.15, 0.2) is 18.3 Å². The van der Waals surface area contributed by atoms with Gasteiger partial charge in [0.05, 0.1) is 25.4 Å². The van der Waals surface area contributed by atoms with Gasteiger partial charge in [-0.15, -0.1) is 0 Å². The molecule has 0 amide bonds. The summed E-state index contributed by atoms with van der Waals surface area (Å²) < 4.78 is 37.2. The van der Waals surface area contributed by atoms with E-state index < -0.39 is 7.04 Å². The van der Waals surface area contributed by atoms with Crippen molar-refractivity contribution in [2.24, 2.45) is 0 Å². The average molecular weight is 293 g/mol. The monoisotopic (exact) mass is 293 g/mol. The minimum absolute atomic E-state index is 0.00489. The van der Waals surface area contributed by atoms with E-state index in [-0.39, 0.29) is 29.0 Å². The first-order valence-electron chi connectivity index (χ1n) is 7.54. The molecule has 2 rings (SSSR count). The summed E-state index contributed by atoms with van der Waals surface area (Å²) in [6, 6.07) is 3.28. The number of nitrogens with two attached hydrogens (primary N) is 2. The summed E-state index contributed by atoms with van der Waals surface area (Å²) >= 11 is 0. The summed E-state index contributed by atoms with van der Waals surface area (Å²) in [6.45, 7) is 0. The molecule has 21 heavy (non-hydrogen) atoms. The molecule has 1 aromatic heterocycles. The highest BCUT2D eigenvalue weighted by molar-refractivity contribution is 5.55. The van der Waals surface area contributed by atoms with Gasteiger partial charge in [0.1, 0.15) is 5.82 Å². The van der Waals surface area contributed by atoms with Crippen molar-refractivity contribution in [2.45, 2.75) is 6.42 Å². The largest absolute Gasteiger partial charge is 0.493 e. The van der Waals surface area contributed by atoms with E-state index in [0.29, 0.717) is 12.0 Å². The Labute approximate surface area is 127 Å². The number of hydrogen-bond acceptors (Lipinski definition) is 7. The van der Waals surface area contributed by atoms with E-state index in [9.17, 15) is 0 Å². The van der Waals surface area contributed by atoms with Crippen LogP contribution in [0, 0.1) is 0 Å². The smallest absolute Gasteiger partial charge is 0.221 e. The van der Waals surface area contributed by atoms with Crippen LogP contribution in [-0.2, 0) is 6.42 Å². The zero-order chi connectivity index (χ0) is 17.9. The molecule has 0 saturated carbocycles. The minimum Gasteiger partial charge on any atom is -0.493 e. The molecule has 7 heteroatoms. The molecule has 0 fully saturated rings. The lowest BCUT2D eigenvalue weighted by Gasteiger charge is -2.14. The quantitative estimate of drug-likeness (QED) is 0.854. The summed E-state index contributed by atoms with van der Waals surface area (Å²) in [5, 5.41) is 0. The van der Waals surface area contributed by atoms with Crippen molar-refractivity contribution in [3.8, 4) is 17.2 Å². The fourth-order valence-corrected chi connectivity index (χ4v) is 1.93. The Bertz CT molecular complexity index is 713. The van der Waals surface area contributed by atoms with Crippen LogP contribution in [0.5, 0.6) is 17.2 Å². The summed E-state index contributed by atoms with van der Waals surface area (Å²) in [5.74, 6) is 0.826. The molecule has 1 aromatic carbocycles. The van der Waals surface area contributed by atoms with Crippen LogP contribution in [0.1, 0.15) is 15.2 Å². The van der Waals surface area contributed by atoms with Gasteiger partial charge in [0, 0.05) is 18.2 Å². The Kier molecular flexibility index (Phi) is 3.23. The fraction of sp³-hybridized carbons (Fsp3) is 0.286. The van der Waals surface area contributed by atoms with Gasteiger partial charge in [-0.1, -0.05) is 0 Å². The first kappa shape index (κ1) is 11.0. The number of aromatic nitrogens is 2. The van der Waals surface area contributed by atoms with Gasteiger partial charge in [0.2, 0.25) is 11.7 Å². The summed E-state index contributed by atoms with van der Waals surface area (Å²) in [5.41, 5.74) is 12.7.